The van der Waals surface area contributed by atoms with Crippen molar-refractivity contribution in [2.24, 2.45) is 5.10 Å². The number of anilines is 1. The zero-order chi connectivity index (χ0) is 17.4. The predicted molar refractivity (Wildman–Crippen MR) is 91.2 cm³/mol. The largest absolute Gasteiger partial charge is 0.493 e. The van der Waals surface area contributed by atoms with Crippen molar-refractivity contribution in [1.29, 1.82) is 0 Å². The zero-order valence-electron chi connectivity index (χ0n) is 13.4. The molecule has 0 spiro atoms. The first-order chi connectivity index (χ1) is 11.6. The first-order valence-electron chi connectivity index (χ1n) is 7.43. The van der Waals surface area contributed by atoms with Gasteiger partial charge < -0.3 is 9.47 Å². The van der Waals surface area contributed by atoms with Crippen LogP contribution in [0.4, 0.5) is 9.52 Å². The van der Waals surface area contributed by atoms with Gasteiger partial charge in [0.15, 0.2) is 0 Å². The van der Waals surface area contributed by atoms with Gasteiger partial charge in [-0.1, -0.05) is 0 Å². The van der Waals surface area contributed by atoms with Crippen LogP contribution in [-0.2, 0) is 16.0 Å². The molecule has 0 bridgehead atoms. The van der Waals surface area contributed by atoms with Gasteiger partial charge in [-0.25, -0.2) is 9.37 Å². The Morgan fingerprint density at radius 2 is 2.25 bits per heavy atom. The zero-order valence-corrected chi connectivity index (χ0v) is 14.2. The maximum Gasteiger partial charge on any atom is 0.311 e. The Morgan fingerprint density at radius 1 is 1.42 bits per heavy atom. The number of esters is 1. The van der Waals surface area contributed by atoms with Gasteiger partial charge in [0.25, 0.3) is 0 Å². The van der Waals surface area contributed by atoms with E-state index in [4.69, 9.17) is 9.47 Å². The van der Waals surface area contributed by atoms with Crippen molar-refractivity contribution in [2.75, 3.05) is 18.6 Å². The number of benzene rings is 1. The molecule has 0 aliphatic carbocycles. The number of nitrogens with zero attached hydrogens (tertiary/aromatic N) is 2. The van der Waals surface area contributed by atoms with Crippen molar-refractivity contribution in [3.63, 3.8) is 0 Å². The van der Waals surface area contributed by atoms with Gasteiger partial charge >= 0.3 is 5.97 Å². The molecule has 0 amide bonds. The van der Waals surface area contributed by atoms with Gasteiger partial charge in [-0.15, -0.1) is 11.3 Å². The van der Waals surface area contributed by atoms with E-state index in [1.165, 1.54) is 29.7 Å². The molecule has 24 heavy (non-hydrogen) atoms. The summed E-state index contributed by atoms with van der Waals surface area (Å²) in [6.07, 6.45) is 1.65. The Morgan fingerprint density at radius 3 is 3.00 bits per heavy atom. The van der Waals surface area contributed by atoms with E-state index in [1.807, 2.05) is 6.92 Å². The monoisotopic (exact) mass is 351 g/mol. The molecule has 0 aliphatic rings. The van der Waals surface area contributed by atoms with E-state index in [0.717, 1.165) is 0 Å². The fourth-order valence-corrected chi connectivity index (χ4v) is 2.51. The van der Waals surface area contributed by atoms with Crippen molar-refractivity contribution in [2.45, 2.75) is 20.3 Å². The third-order valence-corrected chi connectivity index (χ3v) is 3.62. The molecule has 0 atom stereocenters. The summed E-state index contributed by atoms with van der Waals surface area (Å²) in [4.78, 5) is 15.6. The number of rotatable bonds is 8. The number of halogens is 1. The second-order valence-electron chi connectivity index (χ2n) is 4.61. The molecule has 0 saturated heterocycles. The second kappa shape index (κ2) is 8.97. The first-order valence-corrected chi connectivity index (χ1v) is 8.31. The van der Waals surface area contributed by atoms with E-state index in [1.54, 1.807) is 18.4 Å². The Bertz CT molecular complexity index is 718. The lowest BCUT2D eigenvalue weighted by atomic mass is 10.2. The van der Waals surface area contributed by atoms with Crippen molar-refractivity contribution >= 4 is 28.7 Å². The number of ether oxygens (including phenoxy) is 2. The number of hydrogen-bond acceptors (Lipinski definition) is 7. The molecule has 2 rings (SSSR count). The number of carbonyl (C=O) groups is 1. The molecule has 1 N–H and O–H groups in total. The summed E-state index contributed by atoms with van der Waals surface area (Å²) in [5.41, 5.74) is 4.04. The van der Waals surface area contributed by atoms with Crippen LogP contribution in [0, 0.1) is 5.82 Å². The minimum absolute atomic E-state index is 0.127. The molecule has 1 aromatic heterocycles. The van der Waals surface area contributed by atoms with Crippen molar-refractivity contribution in [1.82, 2.24) is 4.98 Å². The van der Waals surface area contributed by atoms with Crippen molar-refractivity contribution in [3.8, 4) is 5.75 Å². The van der Waals surface area contributed by atoms with Crippen molar-refractivity contribution in [3.05, 3.63) is 40.7 Å². The molecule has 0 fully saturated rings. The molecule has 0 radical (unpaired) electrons. The molecular weight excluding hydrogens is 333 g/mol. The summed E-state index contributed by atoms with van der Waals surface area (Å²) < 4.78 is 23.5. The third-order valence-electron chi connectivity index (χ3n) is 2.82. The van der Waals surface area contributed by atoms with Gasteiger partial charge in [-0.05, 0) is 26.0 Å². The van der Waals surface area contributed by atoms with Crippen LogP contribution in [0.2, 0.25) is 0 Å². The summed E-state index contributed by atoms with van der Waals surface area (Å²) in [5.74, 6) is -0.261. The van der Waals surface area contributed by atoms with Gasteiger partial charge in [0, 0.05) is 17.0 Å². The summed E-state index contributed by atoms with van der Waals surface area (Å²) in [7, 11) is 0. The smallest absolute Gasteiger partial charge is 0.311 e. The van der Waals surface area contributed by atoms with Crippen LogP contribution in [0.25, 0.3) is 0 Å². The van der Waals surface area contributed by atoms with Gasteiger partial charge in [0.2, 0.25) is 5.13 Å². The Labute approximate surface area is 143 Å². The molecule has 1 heterocycles. The molecule has 0 unspecified atom stereocenters. The molecule has 0 aliphatic heterocycles. The van der Waals surface area contributed by atoms with Crippen molar-refractivity contribution < 1.29 is 18.7 Å². The van der Waals surface area contributed by atoms with Crippen LogP contribution in [-0.4, -0.2) is 30.4 Å². The lowest BCUT2D eigenvalue weighted by molar-refractivity contribution is -0.142. The number of thiazole rings is 1. The Kier molecular flexibility index (Phi) is 6.68. The highest BCUT2D eigenvalue weighted by molar-refractivity contribution is 7.13. The highest BCUT2D eigenvalue weighted by Crippen LogP contribution is 2.19. The molecule has 0 saturated carbocycles. The van der Waals surface area contributed by atoms with Crippen LogP contribution in [0.1, 0.15) is 25.1 Å². The third kappa shape index (κ3) is 5.31. The van der Waals surface area contributed by atoms with Crippen LogP contribution >= 0.6 is 11.3 Å². The average Bonchev–Trinajstić information content (AvgIpc) is 2.97. The van der Waals surface area contributed by atoms with E-state index in [9.17, 15) is 9.18 Å². The van der Waals surface area contributed by atoms with Gasteiger partial charge in [-0.2, -0.15) is 5.10 Å². The minimum Gasteiger partial charge on any atom is -0.493 e. The SMILES string of the molecule is CCOC(=O)Cc1csc(NN=Cc2ccc(F)cc2OCC)n1. The number of aromatic nitrogens is 1. The van der Waals surface area contributed by atoms with Gasteiger partial charge in [0.05, 0.1) is 31.5 Å². The van der Waals surface area contributed by atoms with Crippen LogP contribution < -0.4 is 10.2 Å². The lowest BCUT2D eigenvalue weighted by Crippen LogP contribution is -2.07. The molecule has 6 nitrogen and oxygen atoms in total. The molecule has 1 aromatic carbocycles. The molecule has 8 heteroatoms. The average molecular weight is 351 g/mol. The minimum atomic E-state index is -0.368. The quantitative estimate of drug-likeness (QED) is 0.449. The maximum absolute atomic E-state index is 13.2. The molecular formula is C16H18FN3O3S. The van der Waals surface area contributed by atoms with Crippen LogP contribution in [0.15, 0.2) is 28.7 Å². The maximum atomic E-state index is 13.2. The summed E-state index contributed by atoms with van der Waals surface area (Å²) in [5, 5.41) is 6.38. The number of hydrazone groups is 1. The van der Waals surface area contributed by atoms with E-state index >= 15 is 0 Å². The van der Waals surface area contributed by atoms with E-state index in [2.05, 4.69) is 15.5 Å². The first kappa shape index (κ1) is 17.9. The van der Waals surface area contributed by atoms with Gasteiger partial charge in [0.1, 0.15) is 11.6 Å². The molecule has 2 aromatic rings. The van der Waals surface area contributed by atoms with E-state index < -0.39 is 0 Å². The highest BCUT2D eigenvalue weighted by Gasteiger charge is 2.08. The normalized spacial score (nSPS) is 10.8. The van der Waals surface area contributed by atoms with Crippen LogP contribution in [0.5, 0.6) is 5.75 Å². The number of carbonyl (C=O) groups excluding carboxylic acids is 1. The van der Waals surface area contributed by atoms with Crippen LogP contribution in [0.3, 0.4) is 0 Å². The predicted octanol–water partition coefficient (Wildman–Crippen LogP) is 3.23. The standard InChI is InChI=1S/C16H18FN3O3S/c1-3-22-14-7-12(17)6-5-11(14)9-18-20-16-19-13(10-24-16)8-15(21)23-4-2/h5-7,9-10H,3-4,8H2,1-2H3,(H,19,20). The second-order valence-corrected chi connectivity index (χ2v) is 5.47. The number of nitrogens with one attached hydrogen (secondary N) is 1. The fourth-order valence-electron chi connectivity index (χ4n) is 1.85. The van der Waals surface area contributed by atoms with E-state index in [-0.39, 0.29) is 18.2 Å². The highest BCUT2D eigenvalue weighted by atomic mass is 32.1. The topological polar surface area (TPSA) is 72.8 Å². The Hall–Kier alpha value is -2.48. The summed E-state index contributed by atoms with van der Waals surface area (Å²) >= 11 is 1.33. The summed E-state index contributed by atoms with van der Waals surface area (Å²) in [6, 6.07) is 4.23. The lowest BCUT2D eigenvalue weighted by Gasteiger charge is -2.06. The number of hydrogen-bond donors (Lipinski definition) is 1. The van der Waals surface area contributed by atoms with Gasteiger partial charge in [-0.3, -0.25) is 10.2 Å². The summed E-state index contributed by atoms with van der Waals surface area (Å²) in [6.45, 7) is 4.36. The van der Waals surface area contributed by atoms with E-state index in [0.29, 0.717) is 35.4 Å². The fraction of sp³-hybridized carbons (Fsp3) is 0.312. The Balaban J connectivity index is 1.97. The molecule has 128 valence electrons.